The average molecular weight is 294 g/mol. The maximum Gasteiger partial charge on any atom is 0.273 e. The van der Waals surface area contributed by atoms with Gasteiger partial charge in [-0.25, -0.2) is 14.6 Å². The van der Waals surface area contributed by atoms with Crippen LogP contribution >= 0.6 is 11.6 Å². The first-order valence-corrected chi connectivity index (χ1v) is 6.69. The number of aromatic nitrogens is 4. The summed E-state index contributed by atoms with van der Waals surface area (Å²) in [5.74, 6) is 0.464. The van der Waals surface area contributed by atoms with Crippen LogP contribution in [-0.2, 0) is 6.42 Å². The van der Waals surface area contributed by atoms with Crippen LogP contribution in [0, 0.1) is 0 Å². The van der Waals surface area contributed by atoms with Gasteiger partial charge in [0.15, 0.2) is 11.5 Å². The number of hydrogen-bond acceptors (Lipinski definition) is 4. The summed E-state index contributed by atoms with van der Waals surface area (Å²) in [5.41, 5.74) is 1.20. The second kappa shape index (κ2) is 6.00. The summed E-state index contributed by atoms with van der Waals surface area (Å²) in [6.45, 7) is 2.05. The molecule has 2 aromatic heterocycles. The highest BCUT2D eigenvalue weighted by Gasteiger charge is 2.15. The quantitative estimate of drug-likeness (QED) is 0.809. The number of amides is 1. The van der Waals surface area contributed by atoms with E-state index in [1.54, 1.807) is 31.0 Å². The highest BCUT2D eigenvalue weighted by molar-refractivity contribution is 6.30. The SMILES string of the molecule is CCCc1c(Cl)ncnc1-n1ccc(C(=O)N(C)C)n1. The third-order valence-electron chi connectivity index (χ3n) is 2.80. The van der Waals surface area contributed by atoms with Gasteiger partial charge < -0.3 is 4.90 Å². The van der Waals surface area contributed by atoms with Crippen LogP contribution in [0.15, 0.2) is 18.6 Å². The van der Waals surface area contributed by atoms with E-state index in [0.29, 0.717) is 16.7 Å². The van der Waals surface area contributed by atoms with E-state index in [4.69, 9.17) is 11.6 Å². The van der Waals surface area contributed by atoms with Gasteiger partial charge >= 0.3 is 0 Å². The van der Waals surface area contributed by atoms with Crippen molar-refractivity contribution in [3.05, 3.63) is 35.0 Å². The molecule has 0 saturated heterocycles. The van der Waals surface area contributed by atoms with Crippen LogP contribution in [0.5, 0.6) is 0 Å². The summed E-state index contributed by atoms with van der Waals surface area (Å²) in [7, 11) is 3.37. The zero-order chi connectivity index (χ0) is 14.7. The van der Waals surface area contributed by atoms with Gasteiger partial charge in [-0.15, -0.1) is 0 Å². The predicted octanol–water partition coefficient (Wildman–Crippen LogP) is 1.97. The molecule has 0 spiro atoms. The van der Waals surface area contributed by atoms with Crippen molar-refractivity contribution in [2.75, 3.05) is 14.1 Å². The fourth-order valence-electron chi connectivity index (χ4n) is 1.83. The maximum absolute atomic E-state index is 11.9. The second-order valence-corrected chi connectivity index (χ2v) is 4.92. The molecule has 0 unspecified atom stereocenters. The third kappa shape index (κ3) is 2.80. The Kier molecular flexibility index (Phi) is 4.34. The number of hydrogen-bond donors (Lipinski definition) is 0. The van der Waals surface area contributed by atoms with E-state index in [0.717, 1.165) is 18.4 Å². The van der Waals surface area contributed by atoms with Crippen molar-refractivity contribution in [2.24, 2.45) is 0 Å². The van der Waals surface area contributed by atoms with Crippen molar-refractivity contribution in [3.8, 4) is 5.82 Å². The van der Waals surface area contributed by atoms with Crippen molar-refractivity contribution in [2.45, 2.75) is 19.8 Å². The van der Waals surface area contributed by atoms with Gasteiger partial charge in [0, 0.05) is 25.9 Å². The van der Waals surface area contributed by atoms with Gasteiger partial charge in [0.05, 0.1) is 0 Å². The molecule has 0 N–H and O–H groups in total. The van der Waals surface area contributed by atoms with Crippen LogP contribution in [0.3, 0.4) is 0 Å². The highest BCUT2D eigenvalue weighted by Crippen LogP contribution is 2.20. The fraction of sp³-hybridized carbons (Fsp3) is 0.385. The summed E-state index contributed by atoms with van der Waals surface area (Å²) in [5, 5.41) is 4.69. The summed E-state index contributed by atoms with van der Waals surface area (Å²) in [4.78, 5) is 21.6. The molecule has 0 radical (unpaired) electrons. The average Bonchev–Trinajstić information content (AvgIpc) is 2.89. The van der Waals surface area contributed by atoms with Crippen LogP contribution in [-0.4, -0.2) is 44.7 Å². The van der Waals surface area contributed by atoms with E-state index in [2.05, 4.69) is 22.0 Å². The van der Waals surface area contributed by atoms with E-state index < -0.39 is 0 Å². The summed E-state index contributed by atoms with van der Waals surface area (Å²) in [6, 6.07) is 1.66. The Morgan fingerprint density at radius 2 is 2.15 bits per heavy atom. The molecule has 7 heteroatoms. The minimum atomic E-state index is -0.152. The van der Waals surface area contributed by atoms with E-state index in [1.807, 2.05) is 0 Å². The molecular weight excluding hydrogens is 278 g/mol. The molecule has 6 nitrogen and oxygen atoms in total. The lowest BCUT2D eigenvalue weighted by molar-refractivity contribution is 0.0821. The second-order valence-electron chi connectivity index (χ2n) is 4.56. The molecule has 0 aliphatic carbocycles. The molecule has 0 saturated carbocycles. The van der Waals surface area contributed by atoms with E-state index in [-0.39, 0.29) is 5.91 Å². The number of halogens is 1. The Labute approximate surface area is 122 Å². The molecule has 0 atom stereocenters. The molecule has 1 amide bonds. The first kappa shape index (κ1) is 14.5. The van der Waals surface area contributed by atoms with Gasteiger partial charge in [0.2, 0.25) is 0 Å². The van der Waals surface area contributed by atoms with Crippen molar-refractivity contribution in [1.82, 2.24) is 24.6 Å². The van der Waals surface area contributed by atoms with Gasteiger partial charge in [-0.05, 0) is 12.5 Å². The fourth-order valence-corrected chi connectivity index (χ4v) is 2.05. The molecule has 2 aromatic rings. The normalized spacial score (nSPS) is 10.6. The number of carbonyl (C=O) groups is 1. The van der Waals surface area contributed by atoms with Crippen LogP contribution in [0.2, 0.25) is 5.15 Å². The number of rotatable bonds is 4. The smallest absolute Gasteiger partial charge is 0.273 e. The van der Waals surface area contributed by atoms with E-state index in [1.165, 1.54) is 11.2 Å². The summed E-state index contributed by atoms with van der Waals surface area (Å²) in [6.07, 6.45) is 4.77. The molecule has 2 rings (SSSR count). The lowest BCUT2D eigenvalue weighted by Gasteiger charge is -2.09. The Hall–Kier alpha value is -1.95. The molecule has 0 bridgehead atoms. The molecule has 0 aromatic carbocycles. The summed E-state index contributed by atoms with van der Waals surface area (Å²) < 4.78 is 1.56. The first-order valence-electron chi connectivity index (χ1n) is 6.31. The van der Waals surface area contributed by atoms with Gasteiger partial charge in [-0.1, -0.05) is 24.9 Å². The molecule has 0 fully saturated rings. The lowest BCUT2D eigenvalue weighted by Crippen LogP contribution is -2.22. The number of nitrogens with zero attached hydrogens (tertiary/aromatic N) is 5. The Bertz CT molecular complexity index is 623. The Balaban J connectivity index is 2.42. The summed E-state index contributed by atoms with van der Waals surface area (Å²) >= 11 is 6.11. The highest BCUT2D eigenvalue weighted by atomic mass is 35.5. The maximum atomic E-state index is 11.9. The van der Waals surface area contributed by atoms with E-state index >= 15 is 0 Å². The third-order valence-corrected chi connectivity index (χ3v) is 3.13. The molecular formula is C13H16ClN5O. The van der Waals surface area contributed by atoms with Crippen molar-refractivity contribution >= 4 is 17.5 Å². The van der Waals surface area contributed by atoms with Gasteiger partial charge in [-0.2, -0.15) is 5.10 Å². The van der Waals surface area contributed by atoms with Gasteiger partial charge in [0.1, 0.15) is 11.5 Å². The predicted molar refractivity (Wildman–Crippen MR) is 76.2 cm³/mol. The molecule has 2 heterocycles. The first-order chi connectivity index (χ1) is 9.54. The van der Waals surface area contributed by atoms with Gasteiger partial charge in [-0.3, -0.25) is 4.79 Å². The lowest BCUT2D eigenvalue weighted by atomic mass is 10.2. The molecule has 106 valence electrons. The standard InChI is InChI=1S/C13H16ClN5O/c1-4-5-9-11(14)15-8-16-12(9)19-7-6-10(17-19)13(20)18(2)3/h6-8H,4-5H2,1-3H3. The van der Waals surface area contributed by atoms with E-state index in [9.17, 15) is 4.79 Å². The topological polar surface area (TPSA) is 63.9 Å². The zero-order valence-corrected chi connectivity index (χ0v) is 12.4. The minimum absolute atomic E-state index is 0.152. The zero-order valence-electron chi connectivity index (χ0n) is 11.7. The Morgan fingerprint density at radius 3 is 2.80 bits per heavy atom. The van der Waals surface area contributed by atoms with Crippen LogP contribution in [0.1, 0.15) is 29.4 Å². The van der Waals surface area contributed by atoms with Crippen molar-refractivity contribution < 1.29 is 4.79 Å². The minimum Gasteiger partial charge on any atom is -0.343 e. The van der Waals surface area contributed by atoms with Crippen LogP contribution in [0.25, 0.3) is 5.82 Å². The Morgan fingerprint density at radius 1 is 1.40 bits per heavy atom. The van der Waals surface area contributed by atoms with Crippen LogP contribution < -0.4 is 0 Å². The van der Waals surface area contributed by atoms with Crippen molar-refractivity contribution in [1.29, 1.82) is 0 Å². The molecule has 0 aliphatic rings. The monoisotopic (exact) mass is 293 g/mol. The van der Waals surface area contributed by atoms with Crippen LogP contribution in [0.4, 0.5) is 0 Å². The van der Waals surface area contributed by atoms with Gasteiger partial charge in [0.25, 0.3) is 5.91 Å². The number of carbonyl (C=O) groups excluding carboxylic acids is 1. The molecule has 0 aliphatic heterocycles. The van der Waals surface area contributed by atoms with Crippen molar-refractivity contribution in [3.63, 3.8) is 0 Å². The largest absolute Gasteiger partial charge is 0.343 e. The molecule has 20 heavy (non-hydrogen) atoms.